The predicted molar refractivity (Wildman–Crippen MR) is 61.4 cm³/mol. The van der Waals surface area contributed by atoms with Gasteiger partial charge in [-0.05, 0) is 18.6 Å². The van der Waals surface area contributed by atoms with Crippen molar-refractivity contribution >= 4 is 23.3 Å². The highest BCUT2D eigenvalue weighted by atomic mass is 35.5. The van der Waals surface area contributed by atoms with Crippen LogP contribution in [0.15, 0.2) is 12.1 Å². The Morgan fingerprint density at radius 1 is 1.56 bits per heavy atom. The molecule has 0 saturated carbocycles. The number of carbonyl (C=O) groups is 1. The smallest absolute Gasteiger partial charge is 0.341 e. The van der Waals surface area contributed by atoms with E-state index in [4.69, 9.17) is 21.1 Å². The van der Waals surface area contributed by atoms with Gasteiger partial charge in [-0.3, -0.25) is 0 Å². The summed E-state index contributed by atoms with van der Waals surface area (Å²) in [6, 6.07) is 3.30. The van der Waals surface area contributed by atoms with Gasteiger partial charge >= 0.3 is 5.97 Å². The van der Waals surface area contributed by atoms with E-state index in [0.29, 0.717) is 22.9 Å². The number of methoxy groups -OCH3 is 1. The first-order valence-corrected chi connectivity index (χ1v) is 5.38. The van der Waals surface area contributed by atoms with Crippen LogP contribution in [0.4, 0.5) is 5.69 Å². The molecular formula is C11H12ClNO3. The third-order valence-electron chi connectivity index (χ3n) is 2.34. The molecule has 0 atom stereocenters. The van der Waals surface area contributed by atoms with Gasteiger partial charge in [0.1, 0.15) is 5.56 Å². The SMILES string of the molecule is COC(=O)c1cc(Cl)cc2c1OCCCN2. The van der Waals surface area contributed by atoms with Gasteiger partial charge in [0, 0.05) is 11.6 Å². The van der Waals surface area contributed by atoms with Gasteiger partial charge in [-0.15, -0.1) is 0 Å². The first kappa shape index (κ1) is 11.1. The third kappa shape index (κ3) is 2.07. The largest absolute Gasteiger partial charge is 0.490 e. The average Bonchev–Trinajstić information content (AvgIpc) is 2.51. The molecule has 0 radical (unpaired) electrons. The molecule has 1 aromatic rings. The molecule has 0 amide bonds. The molecular weight excluding hydrogens is 230 g/mol. The van der Waals surface area contributed by atoms with Gasteiger partial charge in [0.15, 0.2) is 5.75 Å². The van der Waals surface area contributed by atoms with Gasteiger partial charge in [0.05, 0.1) is 19.4 Å². The Morgan fingerprint density at radius 3 is 3.12 bits per heavy atom. The zero-order chi connectivity index (χ0) is 11.5. The monoisotopic (exact) mass is 241 g/mol. The second kappa shape index (κ2) is 4.61. The van der Waals surface area contributed by atoms with Crippen LogP contribution in [0.3, 0.4) is 0 Å². The summed E-state index contributed by atoms with van der Waals surface area (Å²) >= 11 is 5.93. The van der Waals surface area contributed by atoms with Crippen LogP contribution in [0.25, 0.3) is 0 Å². The van der Waals surface area contributed by atoms with E-state index in [1.165, 1.54) is 7.11 Å². The Bertz CT molecular complexity index is 420. The fourth-order valence-corrected chi connectivity index (χ4v) is 1.83. The number of benzene rings is 1. The molecule has 1 aliphatic heterocycles. The Balaban J connectivity index is 2.50. The van der Waals surface area contributed by atoms with Crippen molar-refractivity contribution in [2.45, 2.75) is 6.42 Å². The minimum absolute atomic E-state index is 0.361. The van der Waals surface area contributed by atoms with Gasteiger partial charge in [-0.2, -0.15) is 0 Å². The molecule has 0 bridgehead atoms. The minimum Gasteiger partial charge on any atom is -0.490 e. The minimum atomic E-state index is -0.442. The lowest BCUT2D eigenvalue weighted by molar-refractivity contribution is 0.0596. The van der Waals surface area contributed by atoms with Gasteiger partial charge < -0.3 is 14.8 Å². The van der Waals surface area contributed by atoms with Crippen molar-refractivity contribution in [3.05, 3.63) is 22.7 Å². The first-order chi connectivity index (χ1) is 7.72. The van der Waals surface area contributed by atoms with Crippen molar-refractivity contribution in [2.75, 3.05) is 25.6 Å². The Morgan fingerprint density at radius 2 is 2.38 bits per heavy atom. The second-order valence-corrected chi connectivity index (χ2v) is 3.89. The number of anilines is 1. The topological polar surface area (TPSA) is 47.6 Å². The van der Waals surface area contributed by atoms with Crippen LogP contribution in [-0.4, -0.2) is 26.2 Å². The molecule has 1 N–H and O–H groups in total. The maximum atomic E-state index is 11.6. The maximum absolute atomic E-state index is 11.6. The van der Waals surface area contributed by atoms with Crippen LogP contribution in [-0.2, 0) is 4.74 Å². The van der Waals surface area contributed by atoms with Crippen molar-refractivity contribution in [2.24, 2.45) is 0 Å². The van der Waals surface area contributed by atoms with Crippen LogP contribution in [0.2, 0.25) is 5.02 Å². The average molecular weight is 242 g/mol. The normalized spacial score (nSPS) is 14.1. The van der Waals surface area contributed by atoms with E-state index in [1.54, 1.807) is 12.1 Å². The van der Waals surface area contributed by atoms with Gasteiger partial charge in [-0.25, -0.2) is 4.79 Å². The molecule has 0 unspecified atom stereocenters. The number of carbonyl (C=O) groups excluding carboxylic acids is 1. The number of rotatable bonds is 1. The van der Waals surface area contributed by atoms with Gasteiger partial charge in [-0.1, -0.05) is 11.6 Å². The molecule has 86 valence electrons. The van der Waals surface area contributed by atoms with E-state index in [9.17, 15) is 4.79 Å². The van der Waals surface area contributed by atoms with E-state index >= 15 is 0 Å². The van der Waals surface area contributed by atoms with Gasteiger partial charge in [0.2, 0.25) is 0 Å². The van der Waals surface area contributed by atoms with Crippen molar-refractivity contribution in [3.8, 4) is 5.75 Å². The van der Waals surface area contributed by atoms with Crippen LogP contribution in [0, 0.1) is 0 Å². The summed E-state index contributed by atoms with van der Waals surface area (Å²) in [5.41, 5.74) is 1.10. The quantitative estimate of drug-likeness (QED) is 0.767. The number of esters is 1. The lowest BCUT2D eigenvalue weighted by atomic mass is 10.1. The molecule has 16 heavy (non-hydrogen) atoms. The summed E-state index contributed by atoms with van der Waals surface area (Å²) in [5.74, 6) is 0.0798. The predicted octanol–water partition coefficient (Wildman–Crippen LogP) is 2.32. The maximum Gasteiger partial charge on any atom is 0.341 e. The molecule has 0 aliphatic carbocycles. The number of fused-ring (bicyclic) bond motifs is 1. The zero-order valence-electron chi connectivity index (χ0n) is 8.88. The van der Waals surface area contributed by atoms with E-state index in [0.717, 1.165) is 18.7 Å². The highest BCUT2D eigenvalue weighted by Gasteiger charge is 2.20. The third-order valence-corrected chi connectivity index (χ3v) is 2.56. The summed E-state index contributed by atoms with van der Waals surface area (Å²) in [6.07, 6.45) is 0.882. The van der Waals surface area contributed by atoms with E-state index in [-0.39, 0.29) is 0 Å². The van der Waals surface area contributed by atoms with Crippen molar-refractivity contribution in [3.63, 3.8) is 0 Å². The molecule has 0 spiro atoms. The van der Waals surface area contributed by atoms with E-state index < -0.39 is 5.97 Å². The Kier molecular flexibility index (Phi) is 3.19. The summed E-state index contributed by atoms with van der Waals surface area (Å²) in [7, 11) is 1.33. The summed E-state index contributed by atoms with van der Waals surface area (Å²) < 4.78 is 10.2. The second-order valence-electron chi connectivity index (χ2n) is 3.45. The van der Waals surface area contributed by atoms with Crippen LogP contribution < -0.4 is 10.1 Å². The number of nitrogens with one attached hydrogen (secondary N) is 1. The van der Waals surface area contributed by atoms with Crippen LogP contribution >= 0.6 is 11.6 Å². The Labute approximate surface area is 98.5 Å². The summed E-state index contributed by atoms with van der Waals surface area (Å²) in [6.45, 7) is 1.37. The molecule has 4 nitrogen and oxygen atoms in total. The van der Waals surface area contributed by atoms with Crippen LogP contribution in [0.5, 0.6) is 5.75 Å². The van der Waals surface area contributed by atoms with Crippen molar-refractivity contribution in [1.82, 2.24) is 0 Å². The highest BCUT2D eigenvalue weighted by molar-refractivity contribution is 6.31. The molecule has 1 aromatic carbocycles. The van der Waals surface area contributed by atoms with Gasteiger partial charge in [0.25, 0.3) is 0 Å². The lowest BCUT2D eigenvalue weighted by Crippen LogP contribution is -2.06. The molecule has 1 heterocycles. The molecule has 1 aliphatic rings. The fraction of sp³-hybridized carbons (Fsp3) is 0.364. The van der Waals surface area contributed by atoms with E-state index in [2.05, 4.69) is 5.32 Å². The molecule has 2 rings (SSSR count). The molecule has 0 fully saturated rings. The molecule has 0 aromatic heterocycles. The summed E-state index contributed by atoms with van der Waals surface area (Å²) in [5, 5.41) is 3.65. The standard InChI is InChI=1S/C11H12ClNO3/c1-15-11(14)8-5-7(12)6-9-10(8)16-4-2-3-13-9/h5-6,13H,2-4H2,1H3. The van der Waals surface area contributed by atoms with Crippen LogP contribution in [0.1, 0.15) is 16.8 Å². The number of halogens is 1. The Hall–Kier alpha value is -1.42. The zero-order valence-corrected chi connectivity index (χ0v) is 9.63. The van der Waals surface area contributed by atoms with E-state index in [1.807, 2.05) is 0 Å². The van der Waals surface area contributed by atoms with Crippen molar-refractivity contribution < 1.29 is 14.3 Å². The lowest BCUT2D eigenvalue weighted by Gasteiger charge is -2.12. The highest BCUT2D eigenvalue weighted by Crippen LogP contribution is 2.34. The van der Waals surface area contributed by atoms with Crippen molar-refractivity contribution in [1.29, 1.82) is 0 Å². The number of hydrogen-bond acceptors (Lipinski definition) is 4. The molecule has 5 heteroatoms. The number of ether oxygens (including phenoxy) is 2. The summed E-state index contributed by atoms with van der Waals surface area (Å²) in [4.78, 5) is 11.6. The first-order valence-electron chi connectivity index (χ1n) is 5.01. The number of hydrogen-bond donors (Lipinski definition) is 1. The fourth-order valence-electron chi connectivity index (χ4n) is 1.61. The molecule has 0 saturated heterocycles.